The van der Waals surface area contributed by atoms with E-state index in [4.69, 9.17) is 4.74 Å². The Morgan fingerprint density at radius 2 is 1.93 bits per heavy atom. The predicted molar refractivity (Wildman–Crippen MR) is 107 cm³/mol. The van der Waals surface area contributed by atoms with E-state index >= 15 is 0 Å². The summed E-state index contributed by atoms with van der Waals surface area (Å²) in [6.07, 6.45) is 5.77. The number of methoxy groups -OCH3 is 1. The summed E-state index contributed by atoms with van der Waals surface area (Å²) in [6, 6.07) is 7.12. The van der Waals surface area contributed by atoms with Crippen LogP contribution >= 0.6 is 23.1 Å². The van der Waals surface area contributed by atoms with E-state index in [1.54, 1.807) is 31.4 Å². The number of aromatic nitrogens is 2. The number of ether oxygens (including phenoxy) is 1. The molecule has 1 aromatic heterocycles. The zero-order chi connectivity index (χ0) is 19.1. The van der Waals surface area contributed by atoms with Crippen LogP contribution in [-0.2, 0) is 4.79 Å². The number of nitrogens with one attached hydrogen (secondary N) is 2. The van der Waals surface area contributed by atoms with Gasteiger partial charge in [-0.05, 0) is 37.1 Å². The van der Waals surface area contributed by atoms with Gasteiger partial charge in [-0.25, -0.2) is 0 Å². The summed E-state index contributed by atoms with van der Waals surface area (Å²) >= 11 is 2.59. The lowest BCUT2D eigenvalue weighted by Gasteiger charge is -2.22. The van der Waals surface area contributed by atoms with E-state index in [9.17, 15) is 9.59 Å². The Morgan fingerprint density at radius 1 is 1.19 bits per heavy atom. The van der Waals surface area contributed by atoms with Gasteiger partial charge in [-0.15, -0.1) is 10.2 Å². The molecule has 9 heteroatoms. The van der Waals surface area contributed by atoms with Gasteiger partial charge >= 0.3 is 0 Å². The van der Waals surface area contributed by atoms with Crippen molar-refractivity contribution in [3.63, 3.8) is 0 Å². The fourth-order valence-corrected chi connectivity index (χ4v) is 4.43. The molecule has 1 fully saturated rings. The van der Waals surface area contributed by atoms with E-state index < -0.39 is 0 Å². The molecular formula is C18H22N4O3S2. The van der Waals surface area contributed by atoms with E-state index in [2.05, 4.69) is 20.8 Å². The highest BCUT2D eigenvalue weighted by Crippen LogP contribution is 2.26. The van der Waals surface area contributed by atoms with Gasteiger partial charge in [-0.3, -0.25) is 14.9 Å². The van der Waals surface area contributed by atoms with Crippen LogP contribution in [0.1, 0.15) is 42.5 Å². The summed E-state index contributed by atoms with van der Waals surface area (Å²) in [5.41, 5.74) is 0.507. The molecule has 0 unspecified atom stereocenters. The second-order valence-electron chi connectivity index (χ2n) is 6.25. The second-order valence-corrected chi connectivity index (χ2v) is 8.45. The number of hydrogen-bond donors (Lipinski definition) is 2. The molecule has 1 aliphatic rings. The Kier molecular flexibility index (Phi) is 7.05. The number of benzene rings is 1. The van der Waals surface area contributed by atoms with Crippen LogP contribution in [0.4, 0.5) is 5.13 Å². The van der Waals surface area contributed by atoms with Gasteiger partial charge in [0.05, 0.1) is 12.9 Å². The maximum atomic E-state index is 12.2. The van der Waals surface area contributed by atoms with E-state index in [0.29, 0.717) is 32.6 Å². The summed E-state index contributed by atoms with van der Waals surface area (Å²) < 4.78 is 5.73. The van der Waals surface area contributed by atoms with Crippen LogP contribution in [0.2, 0.25) is 0 Å². The molecule has 0 radical (unpaired) electrons. The monoisotopic (exact) mass is 406 g/mol. The molecule has 0 bridgehead atoms. The minimum Gasteiger partial charge on any atom is -0.497 e. The fourth-order valence-electron chi connectivity index (χ4n) is 2.87. The summed E-state index contributed by atoms with van der Waals surface area (Å²) in [5, 5.41) is 14.2. The summed E-state index contributed by atoms with van der Waals surface area (Å²) in [5.74, 6) is 0.747. The lowest BCUT2D eigenvalue weighted by atomic mass is 9.95. The average molecular weight is 407 g/mol. The number of hydrogen-bond acceptors (Lipinski definition) is 7. The SMILES string of the molecule is COc1ccc(C(=O)Nc2nnc(SCC(=O)NC3CCCCC3)s2)cc1. The smallest absolute Gasteiger partial charge is 0.257 e. The van der Waals surface area contributed by atoms with Crippen molar-refractivity contribution >= 4 is 40.0 Å². The lowest BCUT2D eigenvalue weighted by molar-refractivity contribution is -0.119. The van der Waals surface area contributed by atoms with Crippen molar-refractivity contribution in [1.29, 1.82) is 0 Å². The molecule has 1 heterocycles. The molecule has 1 aliphatic carbocycles. The molecule has 0 aliphatic heterocycles. The normalized spacial score (nSPS) is 14.6. The second kappa shape index (κ2) is 9.70. The van der Waals surface area contributed by atoms with Gasteiger partial charge in [-0.1, -0.05) is 42.4 Å². The quantitative estimate of drug-likeness (QED) is 0.541. The Labute approximate surface area is 166 Å². The van der Waals surface area contributed by atoms with Gasteiger partial charge in [0.1, 0.15) is 5.75 Å². The van der Waals surface area contributed by atoms with Gasteiger partial charge in [0.15, 0.2) is 4.34 Å². The average Bonchev–Trinajstić information content (AvgIpc) is 3.14. The van der Waals surface area contributed by atoms with Crippen molar-refractivity contribution in [1.82, 2.24) is 15.5 Å². The number of amides is 2. The molecule has 2 N–H and O–H groups in total. The Bertz CT molecular complexity index is 773. The van der Waals surface area contributed by atoms with Crippen molar-refractivity contribution in [3.05, 3.63) is 29.8 Å². The first-order valence-electron chi connectivity index (χ1n) is 8.85. The van der Waals surface area contributed by atoms with Gasteiger partial charge < -0.3 is 10.1 Å². The number of rotatable bonds is 7. The molecule has 2 amide bonds. The standard InChI is InChI=1S/C18H22N4O3S2/c1-25-14-9-7-12(8-10-14)16(24)20-17-21-22-18(27-17)26-11-15(23)19-13-5-3-2-4-6-13/h7-10,13H,2-6,11H2,1H3,(H,19,23)(H,20,21,24). The van der Waals surface area contributed by atoms with Crippen molar-refractivity contribution in [2.75, 3.05) is 18.2 Å². The Morgan fingerprint density at radius 3 is 2.63 bits per heavy atom. The molecule has 0 spiro atoms. The van der Waals surface area contributed by atoms with E-state index in [-0.39, 0.29) is 11.8 Å². The predicted octanol–water partition coefficient (Wildman–Crippen LogP) is 3.34. The highest BCUT2D eigenvalue weighted by atomic mass is 32.2. The van der Waals surface area contributed by atoms with Crippen LogP contribution < -0.4 is 15.4 Å². The molecule has 1 saturated carbocycles. The first-order valence-corrected chi connectivity index (χ1v) is 10.7. The Balaban J connectivity index is 1.46. The van der Waals surface area contributed by atoms with Gasteiger partial charge in [-0.2, -0.15) is 0 Å². The third-order valence-corrected chi connectivity index (χ3v) is 6.25. The summed E-state index contributed by atoms with van der Waals surface area (Å²) in [6.45, 7) is 0. The summed E-state index contributed by atoms with van der Waals surface area (Å²) in [4.78, 5) is 24.3. The number of nitrogens with zero attached hydrogens (tertiary/aromatic N) is 2. The third-order valence-electron chi connectivity index (χ3n) is 4.28. The van der Waals surface area contributed by atoms with Gasteiger partial charge in [0, 0.05) is 11.6 Å². The zero-order valence-electron chi connectivity index (χ0n) is 15.1. The van der Waals surface area contributed by atoms with Crippen LogP contribution in [0.15, 0.2) is 28.6 Å². The third kappa shape index (κ3) is 5.93. The largest absolute Gasteiger partial charge is 0.497 e. The van der Waals surface area contributed by atoms with Crippen LogP contribution in [0.5, 0.6) is 5.75 Å². The number of thioether (sulfide) groups is 1. The molecule has 0 saturated heterocycles. The topological polar surface area (TPSA) is 93.2 Å². The van der Waals surface area contributed by atoms with Crippen LogP contribution in [0.25, 0.3) is 0 Å². The fraction of sp³-hybridized carbons (Fsp3) is 0.444. The van der Waals surface area contributed by atoms with Crippen LogP contribution in [-0.4, -0.2) is 40.9 Å². The molecular weight excluding hydrogens is 384 g/mol. The highest BCUT2D eigenvalue weighted by molar-refractivity contribution is 8.01. The van der Waals surface area contributed by atoms with Gasteiger partial charge in [0.2, 0.25) is 11.0 Å². The van der Waals surface area contributed by atoms with Crippen LogP contribution in [0, 0.1) is 0 Å². The van der Waals surface area contributed by atoms with E-state index in [1.165, 1.54) is 42.4 Å². The number of carbonyl (C=O) groups excluding carboxylic acids is 2. The maximum absolute atomic E-state index is 12.2. The molecule has 144 valence electrons. The van der Waals surface area contributed by atoms with E-state index in [1.807, 2.05) is 0 Å². The molecule has 1 aromatic carbocycles. The number of anilines is 1. The van der Waals surface area contributed by atoms with Crippen molar-refractivity contribution in [2.45, 2.75) is 42.5 Å². The number of carbonyl (C=O) groups is 2. The van der Waals surface area contributed by atoms with Crippen molar-refractivity contribution in [2.24, 2.45) is 0 Å². The maximum Gasteiger partial charge on any atom is 0.257 e. The minimum atomic E-state index is -0.264. The first kappa shape index (κ1) is 19.6. The minimum absolute atomic E-state index is 0.0194. The first-order chi connectivity index (χ1) is 13.1. The summed E-state index contributed by atoms with van der Waals surface area (Å²) in [7, 11) is 1.57. The van der Waals surface area contributed by atoms with Crippen molar-refractivity contribution < 1.29 is 14.3 Å². The van der Waals surface area contributed by atoms with Crippen LogP contribution in [0.3, 0.4) is 0 Å². The van der Waals surface area contributed by atoms with Crippen molar-refractivity contribution in [3.8, 4) is 5.75 Å². The molecule has 27 heavy (non-hydrogen) atoms. The zero-order valence-corrected chi connectivity index (χ0v) is 16.7. The van der Waals surface area contributed by atoms with Gasteiger partial charge in [0.25, 0.3) is 5.91 Å². The highest BCUT2D eigenvalue weighted by Gasteiger charge is 2.16. The van der Waals surface area contributed by atoms with E-state index in [0.717, 1.165) is 12.8 Å². The molecule has 3 rings (SSSR count). The molecule has 7 nitrogen and oxygen atoms in total. The molecule has 2 aromatic rings. The Hall–Kier alpha value is -2.13. The lowest BCUT2D eigenvalue weighted by Crippen LogP contribution is -2.37. The molecule has 0 atom stereocenters.